The number of alkyl halides is 2. The maximum atomic E-state index is 12.3. The summed E-state index contributed by atoms with van der Waals surface area (Å²) >= 11 is 0. The summed E-state index contributed by atoms with van der Waals surface area (Å²) in [6.07, 6.45) is -0.440. The van der Waals surface area contributed by atoms with Crippen LogP contribution in [-0.4, -0.2) is 9.78 Å². The molecule has 3 nitrogen and oxygen atoms in total. The average molecular weight is 170 g/mol. The normalized spacial score (nSPS) is 10.2. The summed E-state index contributed by atoms with van der Waals surface area (Å²) in [6, 6.07) is 1.61. The highest BCUT2D eigenvalue weighted by molar-refractivity contribution is 5.31. The number of aromatic nitrogens is 2. The van der Waals surface area contributed by atoms with E-state index in [0.29, 0.717) is 6.54 Å². The van der Waals surface area contributed by atoms with Crippen LogP contribution in [0.3, 0.4) is 0 Å². The summed E-state index contributed by atoms with van der Waals surface area (Å²) in [5.74, 6) is 0. The molecule has 0 saturated carbocycles. The SMILES string of the molecule is CCn1n[c]c(C#N)c1C(F)F. The molecular weight excluding hydrogens is 164 g/mol. The van der Waals surface area contributed by atoms with Crippen LogP contribution in [0.25, 0.3) is 0 Å². The molecule has 1 radical (unpaired) electrons. The first-order valence-electron chi connectivity index (χ1n) is 3.37. The molecule has 1 rings (SSSR count). The van der Waals surface area contributed by atoms with Gasteiger partial charge in [-0.1, -0.05) is 0 Å². The minimum absolute atomic E-state index is 0.174. The molecule has 0 unspecified atom stereocenters. The molecule has 0 amide bonds. The van der Waals surface area contributed by atoms with E-state index in [2.05, 4.69) is 11.3 Å². The first-order valence-corrected chi connectivity index (χ1v) is 3.37. The second-order valence-electron chi connectivity index (χ2n) is 2.10. The number of hydrogen-bond donors (Lipinski definition) is 0. The van der Waals surface area contributed by atoms with Crippen LogP contribution in [-0.2, 0) is 6.54 Å². The third-order valence-corrected chi connectivity index (χ3v) is 1.43. The van der Waals surface area contributed by atoms with E-state index in [9.17, 15) is 8.78 Å². The van der Waals surface area contributed by atoms with Gasteiger partial charge in [0.15, 0.2) is 0 Å². The lowest BCUT2D eigenvalue weighted by molar-refractivity contribution is 0.139. The van der Waals surface area contributed by atoms with Crippen LogP contribution in [0.15, 0.2) is 0 Å². The third kappa shape index (κ3) is 1.28. The van der Waals surface area contributed by atoms with Crippen molar-refractivity contribution in [2.45, 2.75) is 19.9 Å². The molecule has 0 spiro atoms. The molecule has 0 aliphatic heterocycles. The molecule has 0 N–H and O–H groups in total. The van der Waals surface area contributed by atoms with E-state index in [0.717, 1.165) is 4.68 Å². The Morgan fingerprint density at radius 3 is 2.83 bits per heavy atom. The summed E-state index contributed by atoms with van der Waals surface area (Å²) < 4.78 is 25.6. The van der Waals surface area contributed by atoms with E-state index in [1.807, 2.05) is 0 Å². The molecule has 0 atom stereocenters. The van der Waals surface area contributed by atoms with Crippen LogP contribution in [0.5, 0.6) is 0 Å². The van der Waals surface area contributed by atoms with Gasteiger partial charge in [0.25, 0.3) is 6.43 Å². The van der Waals surface area contributed by atoms with Crippen LogP contribution in [0.1, 0.15) is 24.6 Å². The highest BCUT2D eigenvalue weighted by Gasteiger charge is 2.19. The molecule has 0 saturated heterocycles. The van der Waals surface area contributed by atoms with Gasteiger partial charge in [-0.05, 0) is 6.92 Å². The lowest BCUT2D eigenvalue weighted by atomic mass is 10.3. The van der Waals surface area contributed by atoms with Gasteiger partial charge in [-0.2, -0.15) is 10.4 Å². The van der Waals surface area contributed by atoms with E-state index in [4.69, 9.17) is 5.26 Å². The zero-order valence-corrected chi connectivity index (χ0v) is 6.38. The fourth-order valence-corrected chi connectivity index (χ4v) is 0.896. The van der Waals surface area contributed by atoms with Crippen molar-refractivity contribution in [3.05, 3.63) is 17.5 Å². The standard InChI is InChI=1S/C7H6F2N3/c1-2-12-6(7(8)9)5(3-10)4-11-12/h7H,2H2,1H3. The molecule has 0 aliphatic carbocycles. The monoisotopic (exact) mass is 170 g/mol. The van der Waals surface area contributed by atoms with Gasteiger partial charge in [0.2, 0.25) is 0 Å². The third-order valence-electron chi connectivity index (χ3n) is 1.43. The van der Waals surface area contributed by atoms with E-state index in [1.54, 1.807) is 13.0 Å². The Morgan fingerprint density at radius 2 is 2.42 bits per heavy atom. The van der Waals surface area contributed by atoms with Crippen molar-refractivity contribution in [2.75, 3.05) is 0 Å². The molecule has 0 fully saturated rings. The Hall–Kier alpha value is -1.44. The number of halogens is 2. The lowest BCUT2D eigenvalue weighted by Gasteiger charge is -2.02. The summed E-state index contributed by atoms with van der Waals surface area (Å²) in [5, 5.41) is 11.9. The van der Waals surface area contributed by atoms with Crippen molar-refractivity contribution in [1.29, 1.82) is 5.26 Å². The van der Waals surface area contributed by atoms with Crippen LogP contribution in [0, 0.1) is 17.5 Å². The van der Waals surface area contributed by atoms with Gasteiger partial charge >= 0.3 is 0 Å². The maximum absolute atomic E-state index is 12.3. The topological polar surface area (TPSA) is 41.6 Å². The Bertz CT molecular complexity index is 311. The molecule has 1 heterocycles. The second kappa shape index (κ2) is 3.30. The predicted molar refractivity (Wildman–Crippen MR) is 36.4 cm³/mol. The van der Waals surface area contributed by atoms with Crippen molar-refractivity contribution in [2.24, 2.45) is 0 Å². The zero-order valence-electron chi connectivity index (χ0n) is 6.38. The first-order chi connectivity index (χ1) is 5.70. The second-order valence-corrected chi connectivity index (χ2v) is 2.10. The number of hydrogen-bond acceptors (Lipinski definition) is 2. The van der Waals surface area contributed by atoms with Gasteiger partial charge in [-0.25, -0.2) is 8.78 Å². The first kappa shape index (κ1) is 8.65. The Balaban J connectivity index is 3.19. The molecule has 0 bridgehead atoms. The van der Waals surface area contributed by atoms with Gasteiger partial charge < -0.3 is 0 Å². The van der Waals surface area contributed by atoms with E-state index in [-0.39, 0.29) is 11.3 Å². The van der Waals surface area contributed by atoms with Gasteiger partial charge in [-0.15, -0.1) is 0 Å². The highest BCUT2D eigenvalue weighted by atomic mass is 19.3. The number of nitrogens with zero attached hydrogens (tertiary/aromatic N) is 3. The smallest absolute Gasteiger partial charge is 0.262 e. The van der Waals surface area contributed by atoms with Crippen LogP contribution < -0.4 is 0 Å². The largest absolute Gasteiger partial charge is 0.281 e. The van der Waals surface area contributed by atoms with E-state index < -0.39 is 6.43 Å². The molecule has 1 aromatic rings. The molecule has 63 valence electrons. The van der Waals surface area contributed by atoms with Gasteiger partial charge in [0, 0.05) is 6.54 Å². The van der Waals surface area contributed by atoms with Gasteiger partial charge in [-0.3, -0.25) is 4.68 Å². The minimum atomic E-state index is -2.67. The Kier molecular flexibility index (Phi) is 2.38. The Labute approximate surface area is 68.2 Å². The molecule has 12 heavy (non-hydrogen) atoms. The summed E-state index contributed by atoms with van der Waals surface area (Å²) in [6.45, 7) is 1.99. The molecular formula is C7H6F2N3. The summed E-state index contributed by atoms with van der Waals surface area (Å²) in [7, 11) is 0. The van der Waals surface area contributed by atoms with Crippen molar-refractivity contribution < 1.29 is 8.78 Å². The zero-order chi connectivity index (χ0) is 9.14. The van der Waals surface area contributed by atoms with Gasteiger partial charge in [0.05, 0.1) is 0 Å². The molecule has 0 aliphatic rings. The van der Waals surface area contributed by atoms with Crippen LogP contribution in [0.4, 0.5) is 8.78 Å². The highest BCUT2D eigenvalue weighted by Crippen LogP contribution is 2.21. The van der Waals surface area contributed by atoms with Gasteiger partial charge in [0.1, 0.15) is 23.5 Å². The number of aryl methyl sites for hydroxylation is 1. The number of nitriles is 1. The number of rotatable bonds is 2. The predicted octanol–water partition coefficient (Wildman–Crippen LogP) is 1.51. The van der Waals surface area contributed by atoms with Crippen molar-refractivity contribution in [3.63, 3.8) is 0 Å². The van der Waals surface area contributed by atoms with E-state index >= 15 is 0 Å². The van der Waals surface area contributed by atoms with Crippen molar-refractivity contribution >= 4 is 0 Å². The fraction of sp³-hybridized carbons (Fsp3) is 0.429. The van der Waals surface area contributed by atoms with Crippen molar-refractivity contribution in [1.82, 2.24) is 9.78 Å². The van der Waals surface area contributed by atoms with Crippen LogP contribution in [0.2, 0.25) is 0 Å². The minimum Gasteiger partial charge on any atom is -0.262 e. The lowest BCUT2D eigenvalue weighted by Crippen LogP contribution is -2.03. The summed E-state index contributed by atoms with van der Waals surface area (Å²) in [4.78, 5) is 0. The molecule has 1 aromatic heterocycles. The maximum Gasteiger partial charge on any atom is 0.281 e. The summed E-state index contributed by atoms with van der Waals surface area (Å²) in [5.41, 5.74) is -0.521. The fourth-order valence-electron chi connectivity index (χ4n) is 0.896. The Morgan fingerprint density at radius 1 is 1.75 bits per heavy atom. The molecule has 5 heteroatoms. The molecule has 0 aromatic carbocycles. The average Bonchev–Trinajstić information content (AvgIpc) is 2.46. The van der Waals surface area contributed by atoms with Crippen LogP contribution >= 0.6 is 0 Å². The van der Waals surface area contributed by atoms with E-state index in [1.165, 1.54) is 0 Å². The van der Waals surface area contributed by atoms with Crippen molar-refractivity contribution in [3.8, 4) is 6.07 Å². The quantitative estimate of drug-likeness (QED) is 0.675.